The molecule has 1 saturated heterocycles. The first-order chi connectivity index (χ1) is 29.5. The molecule has 3 heterocycles. The van der Waals surface area contributed by atoms with Gasteiger partial charge in [0, 0.05) is 52.7 Å². The Hall–Kier alpha value is -5.27. The Bertz CT molecular complexity index is 2920. The highest BCUT2D eigenvalue weighted by Gasteiger charge is 2.67. The standard InChI is InChI=1S/C42H32Cl2F6N6O5S/c43-30-2-1-3-31(44)35(30)22-4-9-27-32(17-22)52-40(56(41(27)58)25-5-7-26(8-6-25)62(59,60)54-10-12-61-13-11-54)33(16-21-14-23(45)18-24(46)15-21)51-34(57)20-55-38-36(37(53-55)39(47)48)28-19-29(28)42(38,49)50/h1-9,14-15,17-18,28-29,33,39H,10-13,16,19-20H2,(H,51,57)/t28-,29+,33?/m0/s1. The van der Waals surface area contributed by atoms with E-state index in [9.17, 15) is 35.6 Å². The molecule has 1 saturated carbocycles. The van der Waals surface area contributed by atoms with Crippen molar-refractivity contribution in [1.29, 1.82) is 0 Å². The number of carbonyl (C=O) groups excluding carboxylic acids is 1. The van der Waals surface area contributed by atoms with E-state index in [1.807, 2.05) is 0 Å². The van der Waals surface area contributed by atoms with Crippen LogP contribution in [0.4, 0.5) is 26.3 Å². The van der Waals surface area contributed by atoms with E-state index in [4.69, 9.17) is 32.9 Å². The topological polar surface area (TPSA) is 128 Å². The van der Waals surface area contributed by atoms with Gasteiger partial charge in [0.1, 0.15) is 35.4 Å². The first-order valence-corrected chi connectivity index (χ1v) is 21.4. The van der Waals surface area contributed by atoms with Gasteiger partial charge in [0.05, 0.1) is 40.7 Å². The number of halogens is 8. The molecule has 2 aliphatic carbocycles. The summed E-state index contributed by atoms with van der Waals surface area (Å²) in [6, 6.07) is 15.8. The van der Waals surface area contributed by atoms with Crippen LogP contribution in [0.25, 0.3) is 27.7 Å². The van der Waals surface area contributed by atoms with Gasteiger partial charge in [-0.25, -0.2) is 31.0 Å². The van der Waals surface area contributed by atoms with Crippen LogP contribution in [0.2, 0.25) is 10.0 Å². The van der Waals surface area contributed by atoms with E-state index in [0.29, 0.717) is 21.9 Å². The highest BCUT2D eigenvalue weighted by Crippen LogP contribution is 2.68. The average Bonchev–Trinajstić information content (AvgIpc) is 3.89. The molecule has 0 radical (unpaired) electrons. The summed E-state index contributed by atoms with van der Waals surface area (Å²) in [5, 5.41) is 6.97. The normalized spacial score (nSPS) is 18.8. The summed E-state index contributed by atoms with van der Waals surface area (Å²) in [6.07, 6.45) is -3.65. The summed E-state index contributed by atoms with van der Waals surface area (Å²) in [6.45, 7) is -0.333. The van der Waals surface area contributed by atoms with Crippen LogP contribution in [0.1, 0.15) is 53.1 Å². The number of nitrogens with zero attached hydrogens (tertiary/aromatic N) is 5. The van der Waals surface area contributed by atoms with E-state index in [0.717, 1.165) is 16.7 Å². The molecule has 1 amide bonds. The molecule has 1 unspecified atom stereocenters. The number of ether oxygens (including phenoxy) is 1. The molecule has 11 nitrogen and oxygen atoms in total. The monoisotopic (exact) mass is 916 g/mol. The summed E-state index contributed by atoms with van der Waals surface area (Å²) in [7, 11) is -3.99. The highest BCUT2D eigenvalue weighted by atomic mass is 35.5. The van der Waals surface area contributed by atoms with Crippen LogP contribution in [-0.2, 0) is 38.4 Å². The van der Waals surface area contributed by atoms with Gasteiger partial charge in [-0.1, -0.05) is 35.3 Å². The first kappa shape index (κ1) is 42.1. The second-order valence-corrected chi connectivity index (χ2v) is 18.0. The van der Waals surface area contributed by atoms with Crippen molar-refractivity contribution in [1.82, 2.24) is 29.0 Å². The van der Waals surface area contributed by atoms with Gasteiger partial charge in [-0.3, -0.25) is 18.8 Å². The number of morpholine rings is 1. The van der Waals surface area contributed by atoms with Gasteiger partial charge >= 0.3 is 0 Å². The molecule has 4 aromatic carbocycles. The lowest BCUT2D eigenvalue weighted by molar-refractivity contribution is -0.123. The lowest BCUT2D eigenvalue weighted by atomic mass is 10.0. The summed E-state index contributed by atoms with van der Waals surface area (Å²) in [5.41, 5.74) is -1.70. The molecule has 2 aromatic heterocycles. The lowest BCUT2D eigenvalue weighted by Gasteiger charge is -2.26. The molecule has 2 fully saturated rings. The number of benzene rings is 4. The number of aromatic nitrogens is 4. The number of nitrogens with one attached hydrogen (secondary N) is 1. The van der Waals surface area contributed by atoms with Crippen molar-refractivity contribution in [2.45, 2.75) is 48.6 Å². The number of amides is 1. The number of sulfonamides is 1. The fourth-order valence-electron chi connectivity index (χ4n) is 8.44. The number of carbonyl (C=O) groups is 1. The zero-order valence-electron chi connectivity index (χ0n) is 32.0. The molecule has 62 heavy (non-hydrogen) atoms. The SMILES string of the molecule is O=C(Cn1nc(C(F)F)c2c1C(F)(F)[C@@H]1C[C@H]21)NC(Cc1cc(F)cc(F)c1)c1nc2cc(-c3c(Cl)cccc3Cl)ccc2c(=O)n1-c1ccc(S(=O)(=O)N2CCOCC2)cc1. The molecule has 0 bridgehead atoms. The zero-order valence-corrected chi connectivity index (χ0v) is 34.3. The third-order valence-electron chi connectivity index (χ3n) is 11.3. The summed E-state index contributed by atoms with van der Waals surface area (Å²) >= 11 is 13.0. The fourth-order valence-corrected chi connectivity index (χ4v) is 10.5. The molecule has 1 N–H and O–H groups in total. The number of hydrogen-bond donors (Lipinski definition) is 1. The maximum Gasteiger partial charge on any atom is 0.293 e. The van der Waals surface area contributed by atoms with E-state index in [2.05, 4.69) is 10.4 Å². The van der Waals surface area contributed by atoms with Gasteiger partial charge < -0.3 is 10.1 Å². The first-order valence-electron chi connectivity index (χ1n) is 19.2. The average molecular weight is 918 g/mol. The van der Waals surface area contributed by atoms with Crippen molar-refractivity contribution < 1.29 is 44.3 Å². The minimum Gasteiger partial charge on any atom is -0.379 e. The van der Waals surface area contributed by atoms with Gasteiger partial charge in [-0.15, -0.1) is 0 Å². The number of rotatable bonds is 11. The molecule has 322 valence electrons. The number of alkyl halides is 4. The van der Waals surface area contributed by atoms with Crippen LogP contribution >= 0.6 is 23.2 Å². The minimum atomic E-state index is -3.99. The molecule has 9 rings (SSSR count). The van der Waals surface area contributed by atoms with Crippen LogP contribution in [0.3, 0.4) is 0 Å². The second kappa shape index (κ2) is 15.8. The Morgan fingerprint density at radius 1 is 0.952 bits per heavy atom. The van der Waals surface area contributed by atoms with Gasteiger partial charge in [-0.2, -0.15) is 18.2 Å². The third-order valence-corrected chi connectivity index (χ3v) is 13.9. The Kier molecular flexibility index (Phi) is 10.7. The zero-order chi connectivity index (χ0) is 43.8. The predicted octanol–water partition coefficient (Wildman–Crippen LogP) is 8.10. The molecule has 3 aliphatic rings. The summed E-state index contributed by atoms with van der Waals surface area (Å²) in [5.74, 6) is -8.79. The van der Waals surface area contributed by atoms with E-state index in [-0.39, 0.29) is 81.2 Å². The molecule has 6 aromatic rings. The number of hydrogen-bond acceptors (Lipinski definition) is 7. The largest absolute Gasteiger partial charge is 0.379 e. The lowest BCUT2D eigenvalue weighted by Crippen LogP contribution is -2.40. The number of fused-ring (bicyclic) bond motifs is 4. The Morgan fingerprint density at radius 3 is 2.29 bits per heavy atom. The third kappa shape index (κ3) is 7.44. The highest BCUT2D eigenvalue weighted by molar-refractivity contribution is 7.89. The van der Waals surface area contributed by atoms with Crippen molar-refractivity contribution in [2.75, 3.05) is 26.3 Å². The van der Waals surface area contributed by atoms with Crippen molar-refractivity contribution in [2.24, 2.45) is 5.92 Å². The summed E-state index contributed by atoms with van der Waals surface area (Å²) in [4.78, 5) is 33.5. The van der Waals surface area contributed by atoms with Gasteiger partial charge in [-0.05, 0) is 84.1 Å². The van der Waals surface area contributed by atoms with E-state index >= 15 is 8.78 Å². The van der Waals surface area contributed by atoms with E-state index in [1.54, 1.807) is 24.3 Å². The fraction of sp³-hybridized carbons (Fsp3) is 0.286. The Balaban J connectivity index is 1.19. The van der Waals surface area contributed by atoms with Gasteiger partial charge in [0.2, 0.25) is 15.9 Å². The van der Waals surface area contributed by atoms with Crippen molar-refractivity contribution in [3.63, 3.8) is 0 Å². The van der Waals surface area contributed by atoms with Crippen molar-refractivity contribution >= 4 is 50.0 Å². The van der Waals surface area contributed by atoms with Crippen LogP contribution in [0.15, 0.2) is 88.6 Å². The van der Waals surface area contributed by atoms with Gasteiger partial charge in [0.15, 0.2) is 0 Å². The maximum atomic E-state index is 15.5. The molecular formula is C42H32Cl2F6N6O5S. The van der Waals surface area contributed by atoms with E-state index in [1.165, 1.54) is 40.7 Å². The van der Waals surface area contributed by atoms with Crippen molar-refractivity contribution in [3.05, 3.63) is 139 Å². The van der Waals surface area contributed by atoms with Crippen LogP contribution in [0.5, 0.6) is 0 Å². The van der Waals surface area contributed by atoms with E-state index < -0.39 is 87.7 Å². The molecular weight excluding hydrogens is 885 g/mol. The molecule has 1 aliphatic heterocycles. The van der Waals surface area contributed by atoms with Gasteiger partial charge in [0.25, 0.3) is 17.9 Å². The molecule has 0 spiro atoms. The van der Waals surface area contributed by atoms with Crippen LogP contribution in [0, 0.1) is 17.6 Å². The quantitative estimate of drug-likeness (QED) is 0.130. The van der Waals surface area contributed by atoms with Crippen LogP contribution in [-0.4, -0.2) is 64.3 Å². The maximum absolute atomic E-state index is 15.5. The predicted molar refractivity (Wildman–Crippen MR) is 215 cm³/mol. The summed E-state index contributed by atoms with van der Waals surface area (Å²) < 4.78 is 124. The Morgan fingerprint density at radius 2 is 1.63 bits per heavy atom. The smallest absolute Gasteiger partial charge is 0.293 e. The van der Waals surface area contributed by atoms with Crippen LogP contribution < -0.4 is 10.9 Å². The molecule has 3 atom stereocenters. The van der Waals surface area contributed by atoms with Crippen molar-refractivity contribution in [3.8, 4) is 16.8 Å². The molecule has 20 heteroatoms. The second-order valence-electron chi connectivity index (χ2n) is 15.2. The Labute approximate surface area is 358 Å². The minimum absolute atomic E-state index is 0.000434.